The van der Waals surface area contributed by atoms with Crippen LogP contribution in [0.3, 0.4) is 0 Å². The first-order chi connectivity index (χ1) is 9.65. The molecule has 2 N–H and O–H groups in total. The quantitative estimate of drug-likeness (QED) is 0.885. The second-order valence-electron chi connectivity index (χ2n) is 4.23. The maximum atomic E-state index is 11.9. The number of methoxy groups -OCH3 is 2. The molecule has 0 amide bonds. The summed E-state index contributed by atoms with van der Waals surface area (Å²) in [7, 11) is 3.18. The summed E-state index contributed by atoms with van der Waals surface area (Å²) in [6.07, 6.45) is 0. The molecule has 2 rings (SSSR count). The van der Waals surface area contributed by atoms with E-state index in [1.807, 2.05) is 24.3 Å². The minimum absolute atomic E-state index is 0.168. The summed E-state index contributed by atoms with van der Waals surface area (Å²) in [4.78, 5) is 11.9. The van der Waals surface area contributed by atoms with Crippen molar-refractivity contribution in [1.82, 2.24) is 9.78 Å². The number of ether oxygens (including phenoxy) is 2. The van der Waals surface area contributed by atoms with E-state index >= 15 is 0 Å². The van der Waals surface area contributed by atoms with Gasteiger partial charge in [0.25, 0.3) is 5.56 Å². The van der Waals surface area contributed by atoms with Crippen molar-refractivity contribution in [2.75, 3.05) is 26.6 Å². The van der Waals surface area contributed by atoms with Crippen molar-refractivity contribution in [3.8, 4) is 17.0 Å². The van der Waals surface area contributed by atoms with E-state index in [2.05, 4.69) is 5.10 Å². The summed E-state index contributed by atoms with van der Waals surface area (Å²) in [6.45, 7) is 0.766. The van der Waals surface area contributed by atoms with E-state index < -0.39 is 0 Å². The molecule has 20 heavy (non-hydrogen) atoms. The van der Waals surface area contributed by atoms with E-state index in [-0.39, 0.29) is 11.2 Å². The lowest BCUT2D eigenvalue weighted by Crippen LogP contribution is -2.27. The van der Waals surface area contributed by atoms with Gasteiger partial charge in [0.2, 0.25) is 0 Å². The van der Waals surface area contributed by atoms with Crippen LogP contribution >= 0.6 is 0 Å². The first kappa shape index (κ1) is 14.1. The molecule has 0 saturated carbocycles. The van der Waals surface area contributed by atoms with Crippen LogP contribution in [0.4, 0.5) is 5.69 Å². The molecule has 6 heteroatoms. The number of benzene rings is 1. The Hall–Kier alpha value is -2.34. The molecule has 0 spiro atoms. The fraction of sp³-hybridized carbons (Fsp3) is 0.286. The monoisotopic (exact) mass is 275 g/mol. The van der Waals surface area contributed by atoms with Gasteiger partial charge in [0.1, 0.15) is 11.4 Å². The van der Waals surface area contributed by atoms with Gasteiger partial charge >= 0.3 is 0 Å². The molecule has 0 fully saturated rings. The van der Waals surface area contributed by atoms with Gasteiger partial charge in [-0.2, -0.15) is 5.10 Å². The van der Waals surface area contributed by atoms with Crippen LogP contribution in [0.5, 0.6) is 5.75 Å². The molecular formula is C14H17N3O3. The molecule has 2 aromatic rings. The van der Waals surface area contributed by atoms with Crippen molar-refractivity contribution in [2.45, 2.75) is 6.54 Å². The van der Waals surface area contributed by atoms with E-state index in [4.69, 9.17) is 15.2 Å². The van der Waals surface area contributed by atoms with Gasteiger partial charge in [0.05, 0.1) is 26.0 Å². The molecule has 0 atom stereocenters. The average Bonchev–Trinajstić information content (AvgIpc) is 2.48. The zero-order valence-electron chi connectivity index (χ0n) is 11.5. The lowest BCUT2D eigenvalue weighted by Gasteiger charge is -2.09. The van der Waals surface area contributed by atoms with Crippen molar-refractivity contribution in [3.63, 3.8) is 0 Å². The van der Waals surface area contributed by atoms with E-state index in [0.29, 0.717) is 18.8 Å². The summed E-state index contributed by atoms with van der Waals surface area (Å²) in [5.74, 6) is 0.759. The average molecular weight is 275 g/mol. The fourth-order valence-electron chi connectivity index (χ4n) is 1.79. The Morgan fingerprint density at radius 3 is 2.55 bits per heavy atom. The van der Waals surface area contributed by atoms with Crippen LogP contribution in [0, 0.1) is 0 Å². The first-order valence-electron chi connectivity index (χ1n) is 6.16. The number of nitrogens with two attached hydrogens (primary N) is 1. The van der Waals surface area contributed by atoms with Gasteiger partial charge in [-0.15, -0.1) is 0 Å². The summed E-state index contributed by atoms with van der Waals surface area (Å²) in [6, 6.07) is 8.97. The minimum Gasteiger partial charge on any atom is -0.497 e. The van der Waals surface area contributed by atoms with Crippen molar-refractivity contribution in [2.24, 2.45) is 0 Å². The van der Waals surface area contributed by atoms with E-state index in [1.54, 1.807) is 20.3 Å². The molecule has 0 bridgehead atoms. The first-order valence-corrected chi connectivity index (χ1v) is 6.16. The molecule has 6 nitrogen and oxygen atoms in total. The number of hydrogen-bond acceptors (Lipinski definition) is 5. The zero-order chi connectivity index (χ0) is 14.5. The lowest BCUT2D eigenvalue weighted by molar-refractivity contribution is 0.182. The highest BCUT2D eigenvalue weighted by Gasteiger charge is 2.07. The Labute approximate surface area is 116 Å². The van der Waals surface area contributed by atoms with Crippen LogP contribution in [-0.4, -0.2) is 30.6 Å². The van der Waals surface area contributed by atoms with Gasteiger partial charge in [0.15, 0.2) is 0 Å². The van der Waals surface area contributed by atoms with Crippen LogP contribution in [-0.2, 0) is 11.3 Å². The molecule has 1 aromatic heterocycles. The second kappa shape index (κ2) is 6.21. The Kier molecular flexibility index (Phi) is 4.37. The van der Waals surface area contributed by atoms with Gasteiger partial charge < -0.3 is 15.2 Å². The second-order valence-corrected chi connectivity index (χ2v) is 4.23. The van der Waals surface area contributed by atoms with Gasteiger partial charge in [0, 0.05) is 12.7 Å². The number of rotatable bonds is 5. The third kappa shape index (κ3) is 2.97. The fourth-order valence-corrected chi connectivity index (χ4v) is 1.79. The van der Waals surface area contributed by atoms with Crippen LogP contribution < -0.4 is 16.0 Å². The van der Waals surface area contributed by atoms with E-state index in [0.717, 1.165) is 11.3 Å². The van der Waals surface area contributed by atoms with Crippen LogP contribution in [0.15, 0.2) is 35.1 Å². The van der Waals surface area contributed by atoms with Crippen LogP contribution in [0.1, 0.15) is 0 Å². The van der Waals surface area contributed by atoms with E-state index in [9.17, 15) is 4.79 Å². The van der Waals surface area contributed by atoms with Crippen molar-refractivity contribution in [1.29, 1.82) is 0 Å². The van der Waals surface area contributed by atoms with Gasteiger partial charge in [-0.1, -0.05) is 0 Å². The maximum Gasteiger partial charge on any atom is 0.289 e. The Morgan fingerprint density at radius 1 is 1.25 bits per heavy atom. The molecule has 0 aliphatic heterocycles. The molecule has 0 radical (unpaired) electrons. The van der Waals surface area contributed by atoms with E-state index in [1.165, 1.54) is 4.68 Å². The molecule has 0 unspecified atom stereocenters. The predicted octanol–water partition coefficient (Wildman–Crippen LogP) is 1.15. The summed E-state index contributed by atoms with van der Waals surface area (Å²) in [5, 5.41) is 4.30. The highest BCUT2D eigenvalue weighted by atomic mass is 16.5. The topological polar surface area (TPSA) is 79.4 Å². The van der Waals surface area contributed by atoms with Gasteiger partial charge in [-0.05, 0) is 30.3 Å². The Balaban J connectivity index is 2.40. The normalized spacial score (nSPS) is 10.5. The highest BCUT2D eigenvalue weighted by molar-refractivity contribution is 5.62. The number of nitrogens with zero attached hydrogens (tertiary/aromatic N) is 2. The SMILES string of the molecule is COCCn1nc(-c2ccc(OC)cc2)cc(N)c1=O. The molecule has 0 aliphatic carbocycles. The Morgan fingerprint density at radius 2 is 1.95 bits per heavy atom. The van der Waals surface area contributed by atoms with Crippen LogP contribution in [0.2, 0.25) is 0 Å². The number of aromatic nitrogens is 2. The maximum absolute atomic E-state index is 11.9. The van der Waals surface area contributed by atoms with Crippen LogP contribution in [0.25, 0.3) is 11.3 Å². The standard InChI is InChI=1S/C14H17N3O3/c1-19-8-7-17-14(18)12(15)9-13(16-17)10-3-5-11(20-2)6-4-10/h3-6,9H,7-8,15H2,1-2H3. The molecule has 106 valence electrons. The molecule has 1 aromatic carbocycles. The molecule has 0 saturated heterocycles. The minimum atomic E-state index is -0.306. The number of hydrogen-bond donors (Lipinski definition) is 1. The highest BCUT2D eigenvalue weighted by Crippen LogP contribution is 2.20. The smallest absolute Gasteiger partial charge is 0.289 e. The van der Waals surface area contributed by atoms with Crippen molar-refractivity contribution < 1.29 is 9.47 Å². The predicted molar refractivity (Wildman–Crippen MR) is 76.8 cm³/mol. The van der Waals surface area contributed by atoms with Gasteiger partial charge in [-0.3, -0.25) is 4.79 Å². The van der Waals surface area contributed by atoms with Crippen molar-refractivity contribution >= 4 is 5.69 Å². The molecule has 0 aliphatic rings. The number of nitrogen functional groups attached to an aromatic ring is 1. The lowest BCUT2D eigenvalue weighted by atomic mass is 10.1. The van der Waals surface area contributed by atoms with Crippen molar-refractivity contribution in [3.05, 3.63) is 40.7 Å². The Bertz CT molecular complexity index is 635. The van der Waals surface area contributed by atoms with Gasteiger partial charge in [-0.25, -0.2) is 4.68 Å². The third-order valence-electron chi connectivity index (χ3n) is 2.90. The zero-order valence-corrected chi connectivity index (χ0v) is 11.5. The largest absolute Gasteiger partial charge is 0.497 e. The summed E-state index contributed by atoms with van der Waals surface area (Å²) in [5.41, 5.74) is 7.11. The molecular weight excluding hydrogens is 258 g/mol. The third-order valence-corrected chi connectivity index (χ3v) is 2.90. The summed E-state index contributed by atoms with van der Waals surface area (Å²) >= 11 is 0. The summed E-state index contributed by atoms with van der Waals surface area (Å²) < 4.78 is 11.4. The number of anilines is 1. The molecule has 1 heterocycles.